The Hall–Kier alpha value is -0.810. The lowest BCUT2D eigenvalue weighted by Gasteiger charge is -2.56. The van der Waals surface area contributed by atoms with Gasteiger partial charge in [0, 0.05) is 25.2 Å². The lowest BCUT2D eigenvalue weighted by Crippen LogP contribution is -2.61. The average molecular weight is 295 g/mol. The van der Waals surface area contributed by atoms with E-state index in [-0.39, 0.29) is 11.6 Å². The molecule has 4 bridgehead atoms. The summed E-state index contributed by atoms with van der Waals surface area (Å²) in [6.07, 6.45) is 8.65. The summed E-state index contributed by atoms with van der Waals surface area (Å²) in [5, 5.41) is 6.29. The van der Waals surface area contributed by atoms with Crippen LogP contribution >= 0.6 is 0 Å². The van der Waals surface area contributed by atoms with Crippen LogP contribution in [0.3, 0.4) is 0 Å². The van der Waals surface area contributed by atoms with Gasteiger partial charge in [-0.2, -0.15) is 0 Å². The van der Waals surface area contributed by atoms with Crippen molar-refractivity contribution in [1.29, 1.82) is 0 Å². The number of nitrogens with two attached hydrogens (primary N) is 1. The van der Waals surface area contributed by atoms with E-state index in [2.05, 4.69) is 10.6 Å². The molecule has 0 saturated heterocycles. The lowest BCUT2D eigenvalue weighted by molar-refractivity contribution is -0.0135. The monoisotopic (exact) mass is 295 g/mol. The summed E-state index contributed by atoms with van der Waals surface area (Å²) in [6.45, 7) is 2.48. The van der Waals surface area contributed by atoms with E-state index in [1.165, 1.54) is 38.5 Å². The predicted octanol–water partition coefficient (Wildman–Crippen LogP) is 1.62. The highest BCUT2D eigenvalue weighted by atomic mass is 16.5. The Morgan fingerprint density at radius 3 is 2.29 bits per heavy atom. The van der Waals surface area contributed by atoms with Crippen LogP contribution < -0.4 is 16.4 Å². The molecule has 4 aliphatic carbocycles. The van der Waals surface area contributed by atoms with E-state index < -0.39 is 0 Å². The van der Waals surface area contributed by atoms with E-state index in [1.807, 2.05) is 0 Å². The fraction of sp³-hybridized carbons (Fsp3) is 0.938. The molecule has 0 aliphatic heterocycles. The second-order valence-electron chi connectivity index (χ2n) is 7.33. The minimum absolute atomic E-state index is 0.00998. The molecule has 0 spiro atoms. The molecule has 4 aliphatic rings. The highest BCUT2D eigenvalue weighted by Crippen LogP contribution is 2.55. The average Bonchev–Trinajstić information content (AvgIpc) is 2.40. The first-order valence-electron chi connectivity index (χ1n) is 8.53. The summed E-state index contributed by atoms with van der Waals surface area (Å²) in [6, 6.07) is 0.00998. The van der Waals surface area contributed by atoms with Gasteiger partial charge in [-0.3, -0.25) is 0 Å². The molecule has 4 N–H and O–H groups in total. The molecule has 0 unspecified atom stereocenters. The molecule has 4 saturated carbocycles. The maximum atomic E-state index is 12.1. The van der Waals surface area contributed by atoms with E-state index in [0.29, 0.717) is 26.3 Å². The van der Waals surface area contributed by atoms with Crippen molar-refractivity contribution >= 4 is 6.03 Å². The molecule has 21 heavy (non-hydrogen) atoms. The standard InChI is InChI=1S/C16H29N3O2/c17-2-5-21-4-1-3-18-15(20)19-16-9-12-6-13(10-16)8-14(7-12)11-16/h12-14H,1-11,17H2,(H2,18,19,20). The van der Waals surface area contributed by atoms with E-state index in [0.717, 1.165) is 24.2 Å². The second kappa shape index (κ2) is 6.53. The quantitative estimate of drug-likeness (QED) is 0.625. The number of nitrogens with one attached hydrogen (secondary N) is 2. The van der Waals surface area contributed by atoms with Gasteiger partial charge in [0.25, 0.3) is 0 Å². The fourth-order valence-electron chi connectivity index (χ4n) is 5.11. The number of carbonyl (C=O) groups is 1. The van der Waals surface area contributed by atoms with Crippen molar-refractivity contribution in [3.8, 4) is 0 Å². The fourth-order valence-corrected chi connectivity index (χ4v) is 5.11. The van der Waals surface area contributed by atoms with Crippen LogP contribution in [-0.2, 0) is 4.74 Å². The van der Waals surface area contributed by atoms with Gasteiger partial charge in [-0.1, -0.05) is 0 Å². The van der Waals surface area contributed by atoms with Gasteiger partial charge in [0.2, 0.25) is 0 Å². The highest BCUT2D eigenvalue weighted by Gasteiger charge is 2.51. The molecule has 0 aromatic carbocycles. The number of hydrogen-bond acceptors (Lipinski definition) is 3. The van der Waals surface area contributed by atoms with Gasteiger partial charge in [0.05, 0.1) is 6.61 Å². The van der Waals surface area contributed by atoms with Gasteiger partial charge in [-0.25, -0.2) is 4.79 Å². The van der Waals surface area contributed by atoms with Crippen molar-refractivity contribution < 1.29 is 9.53 Å². The van der Waals surface area contributed by atoms with Crippen molar-refractivity contribution in [2.24, 2.45) is 23.5 Å². The SMILES string of the molecule is NCCOCCCNC(=O)NC12CC3CC(CC(C3)C1)C2. The zero-order valence-electron chi connectivity index (χ0n) is 12.9. The molecule has 2 amide bonds. The van der Waals surface area contributed by atoms with Crippen molar-refractivity contribution in [2.45, 2.75) is 50.5 Å². The third-order valence-corrected chi connectivity index (χ3v) is 5.43. The summed E-state index contributed by atoms with van der Waals surface area (Å²) in [5.74, 6) is 2.59. The van der Waals surface area contributed by atoms with Gasteiger partial charge in [-0.15, -0.1) is 0 Å². The van der Waals surface area contributed by atoms with E-state index in [4.69, 9.17) is 10.5 Å². The number of urea groups is 1. The molecule has 0 heterocycles. The predicted molar refractivity (Wildman–Crippen MR) is 81.9 cm³/mol. The van der Waals surface area contributed by atoms with Crippen LogP contribution in [0.25, 0.3) is 0 Å². The molecule has 5 nitrogen and oxygen atoms in total. The number of ether oxygens (including phenoxy) is 1. The summed E-state index contributed by atoms with van der Waals surface area (Å²) >= 11 is 0. The third-order valence-electron chi connectivity index (χ3n) is 5.43. The van der Waals surface area contributed by atoms with Crippen molar-refractivity contribution in [3.05, 3.63) is 0 Å². The Bertz CT molecular complexity index is 337. The van der Waals surface area contributed by atoms with Crippen molar-refractivity contribution in [2.75, 3.05) is 26.3 Å². The maximum Gasteiger partial charge on any atom is 0.315 e. The number of carbonyl (C=O) groups excluding carboxylic acids is 1. The Balaban J connectivity index is 1.39. The van der Waals surface area contributed by atoms with Crippen LogP contribution in [0, 0.1) is 17.8 Å². The molecular weight excluding hydrogens is 266 g/mol. The molecule has 5 heteroatoms. The Morgan fingerprint density at radius 2 is 1.71 bits per heavy atom. The van der Waals surface area contributed by atoms with Gasteiger partial charge in [0.1, 0.15) is 0 Å². The minimum Gasteiger partial charge on any atom is -0.380 e. The van der Waals surface area contributed by atoms with E-state index in [9.17, 15) is 4.79 Å². The summed E-state index contributed by atoms with van der Waals surface area (Å²) in [4.78, 5) is 12.1. The second-order valence-corrected chi connectivity index (χ2v) is 7.33. The highest BCUT2D eigenvalue weighted by molar-refractivity contribution is 5.74. The first-order valence-corrected chi connectivity index (χ1v) is 8.53. The Morgan fingerprint density at radius 1 is 1.10 bits per heavy atom. The minimum atomic E-state index is 0.00998. The molecule has 120 valence electrons. The molecular formula is C16H29N3O2. The van der Waals surface area contributed by atoms with Crippen LogP contribution in [-0.4, -0.2) is 37.9 Å². The maximum absolute atomic E-state index is 12.1. The topological polar surface area (TPSA) is 76.4 Å². The Kier molecular flexibility index (Phi) is 4.69. The normalized spacial score (nSPS) is 36.7. The molecule has 4 rings (SSSR count). The van der Waals surface area contributed by atoms with Gasteiger partial charge in [0.15, 0.2) is 0 Å². The number of amides is 2. The van der Waals surface area contributed by atoms with Crippen molar-refractivity contribution in [1.82, 2.24) is 10.6 Å². The Labute approximate surface area is 127 Å². The lowest BCUT2D eigenvalue weighted by atomic mass is 9.53. The van der Waals surface area contributed by atoms with Crippen LogP contribution in [0.5, 0.6) is 0 Å². The molecule has 0 aromatic rings. The largest absolute Gasteiger partial charge is 0.380 e. The number of rotatable bonds is 7. The molecule has 0 radical (unpaired) electrons. The molecule has 0 atom stereocenters. The van der Waals surface area contributed by atoms with Gasteiger partial charge >= 0.3 is 6.03 Å². The van der Waals surface area contributed by atoms with Crippen LogP contribution in [0.2, 0.25) is 0 Å². The van der Waals surface area contributed by atoms with Crippen molar-refractivity contribution in [3.63, 3.8) is 0 Å². The van der Waals surface area contributed by atoms with Crippen LogP contribution in [0.15, 0.2) is 0 Å². The smallest absolute Gasteiger partial charge is 0.315 e. The first-order chi connectivity index (χ1) is 10.2. The zero-order valence-corrected chi connectivity index (χ0v) is 12.9. The van der Waals surface area contributed by atoms with Gasteiger partial charge < -0.3 is 21.1 Å². The zero-order chi connectivity index (χ0) is 14.7. The summed E-state index contributed by atoms with van der Waals surface area (Å²) in [5.41, 5.74) is 5.46. The molecule has 4 fully saturated rings. The van der Waals surface area contributed by atoms with Gasteiger partial charge in [-0.05, 0) is 62.7 Å². The molecule has 0 aromatic heterocycles. The number of hydrogen-bond donors (Lipinski definition) is 3. The van der Waals surface area contributed by atoms with Crippen LogP contribution in [0.1, 0.15) is 44.9 Å². The first kappa shape index (κ1) is 15.1. The van der Waals surface area contributed by atoms with Crippen LogP contribution in [0.4, 0.5) is 4.79 Å². The van der Waals surface area contributed by atoms with E-state index >= 15 is 0 Å². The third kappa shape index (κ3) is 3.69. The van der Waals surface area contributed by atoms with E-state index in [1.54, 1.807) is 0 Å². The summed E-state index contributed by atoms with van der Waals surface area (Å²) in [7, 11) is 0. The summed E-state index contributed by atoms with van der Waals surface area (Å²) < 4.78 is 5.30.